The minimum Gasteiger partial charge on any atom is -0.494 e. The third kappa shape index (κ3) is 8.23. The van der Waals surface area contributed by atoms with E-state index in [4.69, 9.17) is 16.3 Å². The fourth-order valence-electron chi connectivity index (χ4n) is 6.06. The Kier molecular flexibility index (Phi) is 11.1. The van der Waals surface area contributed by atoms with E-state index in [0.717, 1.165) is 29.9 Å². The summed E-state index contributed by atoms with van der Waals surface area (Å²) in [4.78, 5) is 0. The Morgan fingerprint density at radius 3 is 2.27 bits per heavy atom. The number of rotatable bonds is 12. The molecule has 0 radical (unpaired) electrons. The number of unbranched alkanes of at least 4 members (excludes halogenated alkanes) is 1. The van der Waals surface area contributed by atoms with Crippen molar-refractivity contribution in [1.29, 1.82) is 0 Å². The molecule has 3 rings (SSSR count). The van der Waals surface area contributed by atoms with Gasteiger partial charge in [-0.05, 0) is 67.6 Å². The van der Waals surface area contributed by atoms with Gasteiger partial charge < -0.3 is 4.74 Å². The number of hydrogen-bond donors (Lipinski definition) is 0. The van der Waals surface area contributed by atoms with Gasteiger partial charge in [-0.2, -0.15) is 0 Å². The van der Waals surface area contributed by atoms with Crippen LogP contribution in [-0.4, -0.2) is 21.3 Å². The molecule has 1 heterocycles. The predicted octanol–water partition coefficient (Wildman–Crippen LogP) is 8.26. The minimum atomic E-state index is -0.298. The fraction of sp³-hybridized carbons (Fsp3) is 0.778. The zero-order valence-electron chi connectivity index (χ0n) is 19.4. The van der Waals surface area contributed by atoms with E-state index in [1.165, 1.54) is 50.5 Å². The van der Waals surface area contributed by atoms with Crippen LogP contribution >= 0.6 is 11.6 Å². The topological polar surface area (TPSA) is 9.23 Å². The normalized spacial score (nSPS) is 27.1. The van der Waals surface area contributed by atoms with Crippen molar-refractivity contribution in [1.82, 2.24) is 0 Å². The summed E-state index contributed by atoms with van der Waals surface area (Å²) in [5, 5.41) is 0. The van der Waals surface area contributed by atoms with Gasteiger partial charge in [-0.25, -0.2) is 0 Å². The molecule has 0 aromatic heterocycles. The van der Waals surface area contributed by atoms with Crippen LogP contribution in [0.25, 0.3) is 0 Å². The van der Waals surface area contributed by atoms with Gasteiger partial charge in [0.15, 0.2) is 0 Å². The van der Waals surface area contributed by atoms with Crippen molar-refractivity contribution in [3.63, 3.8) is 0 Å². The van der Waals surface area contributed by atoms with E-state index < -0.39 is 0 Å². The van der Waals surface area contributed by atoms with Gasteiger partial charge in [-0.1, -0.05) is 82.1 Å². The summed E-state index contributed by atoms with van der Waals surface area (Å²) < 4.78 is 5.69. The van der Waals surface area contributed by atoms with E-state index in [1.807, 2.05) is 0 Å². The molecule has 0 unspecified atom stereocenters. The quantitative estimate of drug-likeness (QED) is 0.177. The van der Waals surface area contributed by atoms with Crippen molar-refractivity contribution in [3.05, 3.63) is 29.8 Å². The SMILES string of the molecule is CCC[Si@H]1CC[C@H]([C@H]2CC[C@H](CCCCc3ccc(OCCCCl)cc3)CC2)CC1. The summed E-state index contributed by atoms with van der Waals surface area (Å²) in [6, 6.07) is 13.6. The van der Waals surface area contributed by atoms with Crippen molar-refractivity contribution in [2.75, 3.05) is 12.5 Å². The standard InChI is InChI=1S/C27H45ClOSi/c1-2-20-30-21-16-26(17-22-30)25-12-8-23(9-13-25)6-3-4-7-24-10-14-27(15-11-24)29-19-5-18-28/h10-11,14-15,23,25-26,30H,2-9,12-13,16-22H2,1H3/t23-,25-,26-,30-. The number of aryl methyl sites for hydroxylation is 1. The Balaban J connectivity index is 1.25. The largest absolute Gasteiger partial charge is 0.494 e. The van der Waals surface area contributed by atoms with Gasteiger partial charge in [0.1, 0.15) is 5.75 Å². The van der Waals surface area contributed by atoms with Gasteiger partial charge in [-0.3, -0.25) is 0 Å². The molecule has 0 spiro atoms. The Bertz CT molecular complexity index is 559. The number of halogens is 1. The van der Waals surface area contributed by atoms with Crippen LogP contribution in [0.2, 0.25) is 18.1 Å². The lowest BCUT2D eigenvalue weighted by molar-refractivity contribution is 0.184. The second kappa shape index (κ2) is 13.8. The van der Waals surface area contributed by atoms with Crippen LogP contribution in [0.15, 0.2) is 24.3 Å². The zero-order chi connectivity index (χ0) is 21.0. The fourth-order valence-corrected chi connectivity index (χ4v) is 9.65. The smallest absolute Gasteiger partial charge is 0.119 e. The second-order valence-electron chi connectivity index (χ2n) is 10.1. The molecule has 170 valence electrons. The van der Waals surface area contributed by atoms with Crippen molar-refractivity contribution in [2.45, 2.75) is 102 Å². The van der Waals surface area contributed by atoms with Crippen LogP contribution < -0.4 is 4.74 Å². The van der Waals surface area contributed by atoms with E-state index in [1.54, 1.807) is 43.8 Å². The average molecular weight is 449 g/mol. The molecule has 1 saturated carbocycles. The third-order valence-corrected chi connectivity index (χ3v) is 11.9. The number of ether oxygens (including phenoxy) is 1. The monoisotopic (exact) mass is 448 g/mol. The molecule has 1 aliphatic carbocycles. The molecule has 3 heteroatoms. The van der Waals surface area contributed by atoms with E-state index in [2.05, 4.69) is 31.2 Å². The molecular formula is C27H45ClOSi. The van der Waals surface area contributed by atoms with E-state index >= 15 is 0 Å². The predicted molar refractivity (Wildman–Crippen MR) is 135 cm³/mol. The lowest BCUT2D eigenvalue weighted by Gasteiger charge is -2.37. The van der Waals surface area contributed by atoms with Crippen molar-refractivity contribution < 1.29 is 4.74 Å². The molecule has 0 atom stereocenters. The number of alkyl halides is 1. The second-order valence-corrected chi connectivity index (χ2v) is 14.0. The first kappa shape index (κ1) is 24.2. The Labute approximate surface area is 192 Å². The maximum atomic E-state index is 5.70. The molecule has 0 N–H and O–H groups in total. The molecular weight excluding hydrogens is 404 g/mol. The van der Waals surface area contributed by atoms with Crippen molar-refractivity contribution in [3.8, 4) is 5.75 Å². The van der Waals surface area contributed by atoms with E-state index in [9.17, 15) is 0 Å². The summed E-state index contributed by atoms with van der Waals surface area (Å²) in [5.41, 5.74) is 1.45. The van der Waals surface area contributed by atoms with E-state index in [-0.39, 0.29) is 8.80 Å². The van der Waals surface area contributed by atoms with Gasteiger partial charge in [0, 0.05) is 14.7 Å². The summed E-state index contributed by atoms with van der Waals surface area (Å²) in [7, 11) is -0.298. The highest BCUT2D eigenvalue weighted by molar-refractivity contribution is 6.58. The molecule has 1 aliphatic heterocycles. The molecule has 0 amide bonds. The highest BCUT2D eigenvalue weighted by Crippen LogP contribution is 2.42. The van der Waals surface area contributed by atoms with E-state index in [0.29, 0.717) is 12.5 Å². The summed E-state index contributed by atoms with van der Waals surface area (Å²) in [6.07, 6.45) is 17.1. The summed E-state index contributed by atoms with van der Waals surface area (Å²) >= 11 is 5.70. The molecule has 2 fully saturated rings. The average Bonchev–Trinajstić information content (AvgIpc) is 2.79. The highest BCUT2D eigenvalue weighted by atomic mass is 35.5. The Morgan fingerprint density at radius 2 is 1.60 bits per heavy atom. The zero-order valence-corrected chi connectivity index (χ0v) is 21.3. The highest BCUT2D eigenvalue weighted by Gasteiger charge is 2.30. The van der Waals surface area contributed by atoms with Crippen LogP contribution in [0.5, 0.6) is 5.75 Å². The number of hydrogen-bond acceptors (Lipinski definition) is 1. The third-order valence-electron chi connectivity index (χ3n) is 7.94. The molecule has 30 heavy (non-hydrogen) atoms. The minimum absolute atomic E-state index is 0.298. The van der Waals surface area contributed by atoms with Crippen LogP contribution in [0.3, 0.4) is 0 Å². The van der Waals surface area contributed by atoms with Crippen molar-refractivity contribution >= 4 is 20.4 Å². The molecule has 0 bridgehead atoms. The van der Waals surface area contributed by atoms with Gasteiger partial charge in [0.05, 0.1) is 6.61 Å². The Morgan fingerprint density at radius 1 is 0.900 bits per heavy atom. The molecule has 2 aliphatic rings. The number of benzene rings is 1. The first-order valence-corrected chi connectivity index (χ1v) is 16.0. The maximum absolute atomic E-state index is 5.70. The lowest BCUT2D eigenvalue weighted by atomic mass is 9.73. The Hall–Kier alpha value is -0.473. The summed E-state index contributed by atoms with van der Waals surface area (Å²) in [6.45, 7) is 3.10. The molecule has 1 aromatic rings. The molecule has 1 aromatic carbocycles. The first-order valence-electron chi connectivity index (χ1n) is 13.1. The maximum Gasteiger partial charge on any atom is 0.119 e. The van der Waals surface area contributed by atoms with Crippen LogP contribution in [0, 0.1) is 17.8 Å². The van der Waals surface area contributed by atoms with Crippen LogP contribution in [0.4, 0.5) is 0 Å². The van der Waals surface area contributed by atoms with Crippen molar-refractivity contribution in [2.24, 2.45) is 17.8 Å². The van der Waals surface area contributed by atoms with Gasteiger partial charge in [0.2, 0.25) is 0 Å². The lowest BCUT2D eigenvalue weighted by Crippen LogP contribution is -2.28. The molecule has 1 saturated heterocycles. The van der Waals surface area contributed by atoms with Crippen LogP contribution in [-0.2, 0) is 6.42 Å². The molecule has 1 nitrogen and oxygen atoms in total. The first-order chi connectivity index (χ1) is 14.8. The van der Waals surface area contributed by atoms with Gasteiger partial charge >= 0.3 is 0 Å². The van der Waals surface area contributed by atoms with Crippen LogP contribution in [0.1, 0.15) is 83.1 Å². The summed E-state index contributed by atoms with van der Waals surface area (Å²) in [5.74, 6) is 4.85. The van der Waals surface area contributed by atoms with Gasteiger partial charge in [-0.15, -0.1) is 11.6 Å². The van der Waals surface area contributed by atoms with Gasteiger partial charge in [0.25, 0.3) is 0 Å².